The highest BCUT2D eigenvalue weighted by Gasteiger charge is 2.15. The van der Waals surface area contributed by atoms with E-state index >= 15 is 0 Å². The summed E-state index contributed by atoms with van der Waals surface area (Å²) in [6, 6.07) is 11.4. The minimum Gasteiger partial charge on any atom is -0.354 e. The maximum absolute atomic E-state index is 12.3. The average Bonchev–Trinajstić information content (AvgIpc) is 3.12. The monoisotopic (exact) mass is 346 g/mol. The minimum absolute atomic E-state index is 0.0991. The van der Waals surface area contributed by atoms with Crippen LogP contribution < -0.4 is 16.0 Å². The van der Waals surface area contributed by atoms with Crippen LogP contribution in [0, 0.1) is 0 Å². The van der Waals surface area contributed by atoms with Crippen molar-refractivity contribution >= 4 is 43.2 Å². The zero-order valence-electron chi connectivity index (χ0n) is 12.9. The van der Waals surface area contributed by atoms with Gasteiger partial charge in [-0.15, -0.1) is 11.3 Å². The van der Waals surface area contributed by atoms with Crippen LogP contribution in [-0.2, 0) is 0 Å². The Kier molecular flexibility index (Phi) is 4.61. The van der Waals surface area contributed by atoms with Gasteiger partial charge in [0.05, 0.1) is 9.58 Å². The molecule has 0 fully saturated rings. The van der Waals surface area contributed by atoms with E-state index in [1.54, 1.807) is 11.3 Å². The lowest BCUT2D eigenvalue weighted by atomic mass is 10.1. The van der Waals surface area contributed by atoms with E-state index in [-0.39, 0.29) is 11.9 Å². The molecule has 1 unspecified atom stereocenters. The normalized spacial score (nSPS) is 12.3. The summed E-state index contributed by atoms with van der Waals surface area (Å²) in [5.41, 5.74) is 7.11. The fourth-order valence-corrected chi connectivity index (χ4v) is 4.18. The molecular weight excluding hydrogens is 328 g/mol. The molecule has 0 radical (unpaired) electrons. The number of hydrogen-bond donors (Lipinski definition) is 2. The third-order valence-electron chi connectivity index (χ3n) is 3.39. The highest BCUT2D eigenvalue weighted by molar-refractivity contribution is 7.29. The Morgan fingerprint density at radius 2 is 2.04 bits per heavy atom. The summed E-state index contributed by atoms with van der Waals surface area (Å²) in [4.78, 5) is 20.3. The molecule has 0 spiro atoms. The number of hydrogen-bond acceptors (Lipinski definition) is 6. The van der Waals surface area contributed by atoms with E-state index < -0.39 is 0 Å². The van der Waals surface area contributed by atoms with Crippen LogP contribution in [0.2, 0.25) is 0 Å². The van der Waals surface area contributed by atoms with Gasteiger partial charge in [-0.25, -0.2) is 4.98 Å². The maximum atomic E-state index is 12.3. The van der Waals surface area contributed by atoms with Crippen LogP contribution in [0.4, 0.5) is 5.13 Å². The number of rotatable bonds is 5. The van der Waals surface area contributed by atoms with E-state index in [1.807, 2.05) is 55.4 Å². The van der Waals surface area contributed by atoms with Crippen molar-refractivity contribution in [2.75, 3.05) is 25.5 Å². The lowest BCUT2D eigenvalue weighted by molar-refractivity contribution is 0.0955. The molecule has 1 amide bonds. The zero-order valence-corrected chi connectivity index (χ0v) is 14.6. The number of anilines is 1. The molecule has 0 saturated carbocycles. The molecule has 1 aromatic carbocycles. The summed E-state index contributed by atoms with van der Waals surface area (Å²) >= 11 is 3.00. The quantitative estimate of drug-likeness (QED) is 0.745. The number of nitrogens with one attached hydrogen (secondary N) is 1. The predicted molar refractivity (Wildman–Crippen MR) is 97.5 cm³/mol. The van der Waals surface area contributed by atoms with E-state index in [4.69, 9.17) is 5.73 Å². The molecule has 3 N–H and O–H groups in total. The van der Waals surface area contributed by atoms with Crippen LogP contribution in [0.15, 0.2) is 36.4 Å². The standard InChI is InChI=1S/C16H18N4OS2/c1-20(2)16-19-15-13(23-16)8-12(22-15)14(21)18-9-11(17)10-6-4-3-5-7-10/h3-8,11H,9,17H2,1-2H3,(H,18,21). The van der Waals surface area contributed by atoms with Crippen LogP contribution in [-0.4, -0.2) is 31.5 Å². The molecule has 120 valence electrons. The van der Waals surface area contributed by atoms with Crippen LogP contribution in [0.3, 0.4) is 0 Å². The number of nitrogens with zero attached hydrogens (tertiary/aromatic N) is 2. The van der Waals surface area contributed by atoms with Gasteiger partial charge in [0.15, 0.2) is 5.13 Å². The third-order valence-corrected chi connectivity index (χ3v) is 5.72. The molecule has 23 heavy (non-hydrogen) atoms. The van der Waals surface area contributed by atoms with Crippen LogP contribution in [0.25, 0.3) is 9.53 Å². The smallest absolute Gasteiger partial charge is 0.261 e. The van der Waals surface area contributed by atoms with E-state index in [0.717, 1.165) is 20.2 Å². The Balaban J connectivity index is 1.65. The molecule has 1 atom stereocenters. The van der Waals surface area contributed by atoms with Gasteiger partial charge in [-0.1, -0.05) is 41.7 Å². The lowest BCUT2D eigenvalue weighted by Gasteiger charge is -2.12. The Labute approximate surface area is 142 Å². The fraction of sp³-hybridized carbons (Fsp3) is 0.250. The molecule has 3 aromatic rings. The Morgan fingerprint density at radius 3 is 2.70 bits per heavy atom. The van der Waals surface area contributed by atoms with E-state index in [9.17, 15) is 4.79 Å². The SMILES string of the molecule is CN(C)c1nc2sc(C(=O)NCC(N)c3ccccc3)cc2s1. The summed E-state index contributed by atoms with van der Waals surface area (Å²) < 4.78 is 1.04. The van der Waals surface area contributed by atoms with Crippen molar-refractivity contribution < 1.29 is 4.79 Å². The molecular formula is C16H18N4OS2. The number of carbonyl (C=O) groups is 1. The second kappa shape index (κ2) is 6.66. The van der Waals surface area contributed by atoms with E-state index in [2.05, 4.69) is 10.3 Å². The van der Waals surface area contributed by atoms with Gasteiger partial charge in [-0.3, -0.25) is 4.79 Å². The first-order chi connectivity index (χ1) is 11.0. The summed E-state index contributed by atoms with van der Waals surface area (Å²) in [6.07, 6.45) is 0. The van der Waals surface area contributed by atoms with Crippen LogP contribution >= 0.6 is 22.7 Å². The third kappa shape index (κ3) is 3.52. The number of amides is 1. The average molecular weight is 346 g/mol. The summed E-state index contributed by atoms with van der Waals surface area (Å²) in [5.74, 6) is -0.0991. The van der Waals surface area contributed by atoms with Crippen molar-refractivity contribution in [3.63, 3.8) is 0 Å². The van der Waals surface area contributed by atoms with Gasteiger partial charge in [-0.05, 0) is 11.6 Å². The number of nitrogens with two attached hydrogens (primary N) is 1. The molecule has 5 nitrogen and oxygen atoms in total. The number of thiazole rings is 1. The van der Waals surface area contributed by atoms with Gasteiger partial charge in [0.25, 0.3) is 5.91 Å². The second-order valence-electron chi connectivity index (χ2n) is 5.40. The highest BCUT2D eigenvalue weighted by atomic mass is 32.1. The van der Waals surface area contributed by atoms with Crippen molar-refractivity contribution in [3.8, 4) is 0 Å². The van der Waals surface area contributed by atoms with Gasteiger partial charge in [0, 0.05) is 26.7 Å². The molecule has 0 aliphatic rings. The summed E-state index contributed by atoms with van der Waals surface area (Å²) in [7, 11) is 3.92. The van der Waals surface area contributed by atoms with Crippen molar-refractivity contribution in [1.29, 1.82) is 0 Å². The highest BCUT2D eigenvalue weighted by Crippen LogP contribution is 2.33. The Morgan fingerprint density at radius 1 is 1.30 bits per heavy atom. The van der Waals surface area contributed by atoms with E-state index in [0.29, 0.717) is 11.4 Å². The zero-order chi connectivity index (χ0) is 16.4. The Hall–Kier alpha value is -1.96. The fourth-order valence-electron chi connectivity index (χ4n) is 2.13. The van der Waals surface area contributed by atoms with Crippen molar-refractivity contribution in [3.05, 3.63) is 46.8 Å². The second-order valence-corrected chi connectivity index (χ2v) is 7.44. The molecule has 0 saturated heterocycles. The molecule has 2 aromatic heterocycles. The van der Waals surface area contributed by atoms with Gasteiger partial charge < -0.3 is 16.0 Å². The first-order valence-corrected chi connectivity index (χ1v) is 8.84. The molecule has 0 aliphatic carbocycles. The van der Waals surface area contributed by atoms with Gasteiger partial charge in [-0.2, -0.15) is 0 Å². The van der Waals surface area contributed by atoms with Crippen LogP contribution in [0.1, 0.15) is 21.3 Å². The van der Waals surface area contributed by atoms with Gasteiger partial charge in [0.1, 0.15) is 4.83 Å². The largest absolute Gasteiger partial charge is 0.354 e. The summed E-state index contributed by atoms with van der Waals surface area (Å²) in [6.45, 7) is 0.408. The van der Waals surface area contributed by atoms with Crippen molar-refractivity contribution in [2.45, 2.75) is 6.04 Å². The summed E-state index contributed by atoms with van der Waals surface area (Å²) in [5, 5.41) is 3.85. The molecule has 2 heterocycles. The number of aromatic nitrogens is 1. The first kappa shape index (κ1) is 15.9. The molecule has 0 bridgehead atoms. The molecule has 3 rings (SSSR count). The number of fused-ring (bicyclic) bond motifs is 1. The minimum atomic E-state index is -0.209. The van der Waals surface area contributed by atoms with Gasteiger partial charge >= 0.3 is 0 Å². The lowest BCUT2D eigenvalue weighted by Crippen LogP contribution is -2.31. The van der Waals surface area contributed by atoms with E-state index in [1.165, 1.54) is 11.3 Å². The topological polar surface area (TPSA) is 71.2 Å². The molecule has 0 aliphatic heterocycles. The van der Waals surface area contributed by atoms with Crippen molar-refractivity contribution in [1.82, 2.24) is 10.3 Å². The maximum Gasteiger partial charge on any atom is 0.261 e. The van der Waals surface area contributed by atoms with Gasteiger partial charge in [0.2, 0.25) is 0 Å². The number of thiophene rings is 1. The van der Waals surface area contributed by atoms with Crippen molar-refractivity contribution in [2.24, 2.45) is 5.73 Å². The predicted octanol–water partition coefficient (Wildman–Crippen LogP) is 2.85. The number of benzene rings is 1. The molecule has 7 heteroatoms. The first-order valence-electron chi connectivity index (χ1n) is 7.21. The van der Waals surface area contributed by atoms with Crippen LogP contribution in [0.5, 0.6) is 0 Å². The Bertz CT molecular complexity index is 778. The number of carbonyl (C=O) groups excluding carboxylic acids is 1.